The minimum absolute atomic E-state index is 0.0143. The number of hydrogen-bond donors (Lipinski definition) is 1. The van der Waals surface area contributed by atoms with Crippen LogP contribution in [0, 0.1) is 0 Å². The lowest BCUT2D eigenvalue weighted by atomic mass is 10.1. The van der Waals surface area contributed by atoms with Crippen molar-refractivity contribution in [2.24, 2.45) is 0 Å². The van der Waals surface area contributed by atoms with Gasteiger partial charge < -0.3 is 29.6 Å². The van der Waals surface area contributed by atoms with Crippen LogP contribution in [-0.2, 0) is 14.4 Å². The lowest BCUT2D eigenvalue weighted by Crippen LogP contribution is -2.50. The molecule has 0 saturated carbocycles. The first kappa shape index (κ1) is 19.7. The number of benzene rings is 1. The number of carboxylic acid groups (broad SMARTS) is 2. The third-order valence-corrected chi connectivity index (χ3v) is 4.86. The number of nitrogens with zero attached hydrogens (tertiary/aromatic N) is 1. The highest BCUT2D eigenvalue weighted by Gasteiger charge is 2.37. The van der Waals surface area contributed by atoms with Crippen molar-refractivity contribution in [1.29, 1.82) is 0 Å². The zero-order valence-corrected chi connectivity index (χ0v) is 15.1. The Morgan fingerprint density at radius 2 is 2.12 bits per heavy atom. The lowest BCUT2D eigenvalue weighted by Gasteiger charge is -2.27. The van der Waals surface area contributed by atoms with Crippen LogP contribution in [-0.4, -0.2) is 45.3 Å². The summed E-state index contributed by atoms with van der Waals surface area (Å²) in [5.74, 6) is -3.57. The smallest absolute Gasteiger partial charge is 0.266 e. The molecule has 10 heteroatoms. The first-order valence-corrected chi connectivity index (χ1v) is 8.51. The number of carbonyl (C=O) groups is 3. The van der Waals surface area contributed by atoms with Gasteiger partial charge in [0.25, 0.3) is 5.91 Å². The number of phenols is 1. The number of carboxylic acids is 2. The van der Waals surface area contributed by atoms with Crippen LogP contribution in [0.4, 0.5) is 0 Å². The van der Waals surface area contributed by atoms with E-state index in [0.717, 1.165) is 16.7 Å². The van der Waals surface area contributed by atoms with Crippen LogP contribution in [0.15, 0.2) is 23.1 Å². The van der Waals surface area contributed by atoms with Crippen molar-refractivity contribution >= 4 is 52.2 Å². The van der Waals surface area contributed by atoms with Crippen molar-refractivity contribution in [1.82, 2.24) is 4.90 Å². The Balaban J connectivity index is 2.29. The Kier molecular flexibility index (Phi) is 6.22. The molecule has 0 aliphatic carbocycles. The number of phenolic OH excluding ortho intramolecular Hbond substituents is 1. The van der Waals surface area contributed by atoms with Gasteiger partial charge in [0, 0.05) is 5.97 Å². The summed E-state index contributed by atoms with van der Waals surface area (Å²) < 4.78 is 4.97. The van der Waals surface area contributed by atoms with Crippen molar-refractivity contribution in [3.05, 3.63) is 28.7 Å². The number of amides is 1. The first-order valence-electron chi connectivity index (χ1n) is 7.29. The van der Waals surface area contributed by atoms with Gasteiger partial charge in [0.2, 0.25) is 0 Å². The molecule has 1 N–H and O–H groups in total. The Bertz CT molecular complexity index is 806. The van der Waals surface area contributed by atoms with Gasteiger partial charge in [0.15, 0.2) is 11.5 Å². The summed E-state index contributed by atoms with van der Waals surface area (Å²) in [4.78, 5) is 35.5. The van der Waals surface area contributed by atoms with Crippen LogP contribution >= 0.6 is 24.0 Å². The fraction of sp³-hybridized carbons (Fsp3) is 0.250. The molecule has 0 bridgehead atoms. The van der Waals surface area contributed by atoms with E-state index in [0.29, 0.717) is 5.56 Å². The highest BCUT2D eigenvalue weighted by atomic mass is 32.2. The van der Waals surface area contributed by atoms with Gasteiger partial charge in [-0.1, -0.05) is 30.0 Å². The average Bonchev–Trinajstić information content (AvgIpc) is 2.84. The number of methoxy groups -OCH3 is 1. The van der Waals surface area contributed by atoms with E-state index in [1.165, 1.54) is 31.4 Å². The van der Waals surface area contributed by atoms with E-state index >= 15 is 0 Å². The van der Waals surface area contributed by atoms with E-state index in [4.69, 9.17) is 17.0 Å². The normalized spacial score (nSPS) is 16.8. The molecule has 2 rings (SSSR count). The maximum atomic E-state index is 12.5. The summed E-state index contributed by atoms with van der Waals surface area (Å²) in [5, 5.41) is 31.5. The highest BCUT2D eigenvalue weighted by Crippen LogP contribution is 2.36. The summed E-state index contributed by atoms with van der Waals surface area (Å²) in [6.45, 7) is 0. The molecular weight excluding hydrogens is 382 g/mol. The maximum absolute atomic E-state index is 12.5. The lowest BCUT2D eigenvalue weighted by molar-refractivity contribution is -0.311. The summed E-state index contributed by atoms with van der Waals surface area (Å²) in [6, 6.07) is 2.92. The molecule has 0 radical (unpaired) electrons. The highest BCUT2D eigenvalue weighted by molar-refractivity contribution is 8.26. The molecule has 1 aromatic carbocycles. The number of thioether (sulfide) groups is 1. The predicted octanol–water partition coefficient (Wildman–Crippen LogP) is -0.749. The van der Waals surface area contributed by atoms with Gasteiger partial charge in [-0.25, -0.2) is 0 Å². The van der Waals surface area contributed by atoms with E-state index in [1.807, 2.05) is 0 Å². The van der Waals surface area contributed by atoms with Crippen molar-refractivity contribution in [3.63, 3.8) is 0 Å². The quantitative estimate of drug-likeness (QED) is 0.468. The maximum Gasteiger partial charge on any atom is 0.266 e. The number of hydrogen-bond acceptors (Lipinski definition) is 9. The standard InChI is InChI=1S/C16H15NO7S2/c1-24-11-6-8(2-4-10(11)18)7-12-14(21)17(16(25)26-12)9(15(22)23)3-5-13(19)20/h2,4,6-7,9,18H,3,5H2,1H3,(H,19,20)(H,22,23)/p-2/b12-7+/t9-/m0/s1. The molecule has 0 spiro atoms. The molecule has 0 unspecified atom stereocenters. The molecule has 0 aromatic heterocycles. The molecule has 8 nitrogen and oxygen atoms in total. The van der Waals surface area contributed by atoms with Crippen molar-refractivity contribution in [3.8, 4) is 11.5 Å². The minimum atomic E-state index is -1.60. The third-order valence-electron chi connectivity index (χ3n) is 3.53. The molecule has 26 heavy (non-hydrogen) atoms. The molecule has 1 saturated heterocycles. The molecule has 1 aliphatic heterocycles. The molecular formula is C16H13NO7S2-2. The molecule has 1 aliphatic rings. The van der Waals surface area contributed by atoms with Gasteiger partial charge >= 0.3 is 0 Å². The second-order valence-electron chi connectivity index (χ2n) is 5.23. The SMILES string of the molecule is COc1cc(/C=C2/SC(=S)N([C@@H](CCC(=O)[O-])C(=O)[O-])C2=O)ccc1O. The summed E-state index contributed by atoms with van der Waals surface area (Å²) in [5.41, 5.74) is 0.528. The second-order valence-corrected chi connectivity index (χ2v) is 6.90. The van der Waals surface area contributed by atoms with E-state index in [2.05, 4.69) is 0 Å². The van der Waals surface area contributed by atoms with Crippen LogP contribution < -0.4 is 14.9 Å². The Labute approximate surface area is 158 Å². The van der Waals surface area contributed by atoms with Gasteiger partial charge in [-0.3, -0.25) is 9.69 Å². The van der Waals surface area contributed by atoms with Crippen LogP contribution in [0.2, 0.25) is 0 Å². The number of rotatable bonds is 7. The van der Waals surface area contributed by atoms with Crippen molar-refractivity contribution in [2.75, 3.05) is 7.11 Å². The van der Waals surface area contributed by atoms with Gasteiger partial charge in [-0.2, -0.15) is 0 Å². The van der Waals surface area contributed by atoms with Crippen LogP contribution in [0.3, 0.4) is 0 Å². The largest absolute Gasteiger partial charge is 0.550 e. The molecule has 1 amide bonds. The molecule has 1 heterocycles. The number of aliphatic carboxylic acids is 2. The zero-order valence-electron chi connectivity index (χ0n) is 13.5. The van der Waals surface area contributed by atoms with Gasteiger partial charge in [0.1, 0.15) is 4.32 Å². The minimum Gasteiger partial charge on any atom is -0.550 e. The average molecular weight is 395 g/mol. The van der Waals surface area contributed by atoms with Crippen LogP contribution in [0.1, 0.15) is 18.4 Å². The van der Waals surface area contributed by atoms with E-state index < -0.39 is 30.3 Å². The van der Waals surface area contributed by atoms with E-state index in [9.17, 15) is 29.7 Å². The molecule has 1 atom stereocenters. The van der Waals surface area contributed by atoms with Gasteiger partial charge in [0.05, 0.1) is 24.0 Å². The van der Waals surface area contributed by atoms with E-state index in [1.54, 1.807) is 0 Å². The van der Waals surface area contributed by atoms with Crippen molar-refractivity contribution in [2.45, 2.75) is 18.9 Å². The van der Waals surface area contributed by atoms with Crippen molar-refractivity contribution < 1.29 is 34.4 Å². The summed E-state index contributed by atoms with van der Waals surface area (Å²) in [6.07, 6.45) is 0.535. The molecule has 1 fully saturated rings. The number of carbonyl (C=O) groups excluding carboxylic acids is 3. The van der Waals surface area contributed by atoms with Gasteiger partial charge in [-0.05, 0) is 36.6 Å². The summed E-state index contributed by atoms with van der Waals surface area (Å²) in [7, 11) is 1.38. The first-order chi connectivity index (χ1) is 12.2. The Morgan fingerprint density at radius 3 is 2.69 bits per heavy atom. The van der Waals surface area contributed by atoms with E-state index in [-0.39, 0.29) is 27.1 Å². The monoisotopic (exact) mass is 395 g/mol. The third kappa shape index (κ3) is 4.33. The Morgan fingerprint density at radius 1 is 1.42 bits per heavy atom. The molecule has 1 aromatic rings. The van der Waals surface area contributed by atoms with Gasteiger partial charge in [-0.15, -0.1) is 0 Å². The fourth-order valence-corrected chi connectivity index (χ4v) is 3.65. The number of ether oxygens (including phenoxy) is 1. The number of aromatic hydroxyl groups is 1. The van der Waals surface area contributed by atoms with Crippen LogP contribution in [0.25, 0.3) is 6.08 Å². The zero-order chi connectivity index (χ0) is 19.4. The predicted molar refractivity (Wildman–Crippen MR) is 92.7 cm³/mol. The summed E-state index contributed by atoms with van der Waals surface area (Å²) >= 11 is 5.95. The molecule has 138 valence electrons. The fourth-order valence-electron chi connectivity index (χ4n) is 2.29. The Hall–Kier alpha value is -2.59. The second kappa shape index (κ2) is 8.19. The topological polar surface area (TPSA) is 130 Å². The number of thiocarbonyl (C=S) groups is 1. The van der Waals surface area contributed by atoms with Crippen LogP contribution in [0.5, 0.6) is 11.5 Å².